The smallest absolute Gasteiger partial charge is 0.191 e. The molecule has 0 aliphatic heterocycles. The first kappa shape index (κ1) is 11.9. The summed E-state index contributed by atoms with van der Waals surface area (Å²) in [4.78, 5) is 11.4. The summed E-state index contributed by atoms with van der Waals surface area (Å²) in [7, 11) is 0. The lowest BCUT2D eigenvalue weighted by molar-refractivity contribution is -0.119. The minimum atomic E-state index is -1.12. The van der Waals surface area contributed by atoms with Crippen molar-refractivity contribution in [2.24, 2.45) is 5.92 Å². The fourth-order valence-electron chi connectivity index (χ4n) is 1.45. The van der Waals surface area contributed by atoms with Gasteiger partial charge in [-0.05, 0) is 18.9 Å². The van der Waals surface area contributed by atoms with E-state index in [0.717, 1.165) is 11.1 Å². The molecular weight excluding hydrogens is 200 g/mol. The van der Waals surface area contributed by atoms with Crippen LogP contribution in [0.2, 0.25) is 0 Å². The van der Waals surface area contributed by atoms with Crippen molar-refractivity contribution in [1.29, 1.82) is 10.5 Å². The summed E-state index contributed by atoms with van der Waals surface area (Å²) < 4.78 is 0. The Balaban J connectivity index is 2.57. The first-order valence-electron chi connectivity index (χ1n) is 5.05. The van der Waals surface area contributed by atoms with E-state index in [1.165, 1.54) is 0 Å². The number of aryl methyl sites for hydroxylation is 2. The molecule has 0 aromatic heterocycles. The van der Waals surface area contributed by atoms with E-state index < -0.39 is 5.92 Å². The Morgan fingerprint density at radius 3 is 2.62 bits per heavy atom. The van der Waals surface area contributed by atoms with Crippen LogP contribution in [-0.4, -0.2) is 5.78 Å². The topological polar surface area (TPSA) is 64.7 Å². The van der Waals surface area contributed by atoms with Gasteiger partial charge in [-0.15, -0.1) is 0 Å². The zero-order valence-electron chi connectivity index (χ0n) is 9.10. The summed E-state index contributed by atoms with van der Waals surface area (Å²) in [5.74, 6) is -1.42. The second-order valence-electron chi connectivity index (χ2n) is 3.65. The minimum absolute atomic E-state index is 0.245. The zero-order valence-corrected chi connectivity index (χ0v) is 9.10. The highest BCUT2D eigenvalue weighted by Gasteiger charge is 2.16. The van der Waals surface area contributed by atoms with Crippen LogP contribution in [0.1, 0.15) is 17.5 Å². The molecule has 0 atom stereocenters. The van der Waals surface area contributed by atoms with Crippen molar-refractivity contribution in [3.63, 3.8) is 0 Å². The molecule has 0 fully saturated rings. The summed E-state index contributed by atoms with van der Waals surface area (Å²) >= 11 is 0. The Morgan fingerprint density at radius 2 is 2.06 bits per heavy atom. The van der Waals surface area contributed by atoms with Crippen molar-refractivity contribution in [1.82, 2.24) is 0 Å². The quantitative estimate of drug-likeness (QED) is 0.768. The van der Waals surface area contributed by atoms with Crippen LogP contribution in [0, 0.1) is 35.5 Å². The van der Waals surface area contributed by atoms with Gasteiger partial charge in [0.2, 0.25) is 0 Å². The summed E-state index contributed by atoms with van der Waals surface area (Å²) in [5.41, 5.74) is 2.20. The van der Waals surface area contributed by atoms with Gasteiger partial charge in [-0.1, -0.05) is 29.8 Å². The predicted octanol–water partition coefficient (Wildman–Crippen LogP) is 2.16. The van der Waals surface area contributed by atoms with Crippen LogP contribution >= 0.6 is 0 Å². The lowest BCUT2D eigenvalue weighted by Crippen LogP contribution is -2.11. The largest absolute Gasteiger partial charge is 0.297 e. The fourth-order valence-corrected chi connectivity index (χ4v) is 1.45. The molecule has 1 aromatic carbocycles. The fraction of sp³-hybridized carbons (Fsp3) is 0.308. The molecule has 0 N–H and O–H groups in total. The van der Waals surface area contributed by atoms with E-state index in [4.69, 9.17) is 10.5 Å². The number of carbonyl (C=O) groups excluding carboxylic acids is 1. The Labute approximate surface area is 94.9 Å². The van der Waals surface area contributed by atoms with E-state index in [1.807, 2.05) is 31.2 Å². The molecule has 0 aliphatic rings. The molecule has 1 aromatic rings. The van der Waals surface area contributed by atoms with Crippen LogP contribution in [0.5, 0.6) is 0 Å². The molecule has 0 saturated heterocycles. The molecule has 0 bridgehead atoms. The zero-order chi connectivity index (χ0) is 12.0. The number of Topliss-reactive ketones (excluding diaryl/α,β-unsaturated/α-hetero) is 1. The minimum Gasteiger partial charge on any atom is -0.297 e. The number of hydrogen-bond donors (Lipinski definition) is 0. The van der Waals surface area contributed by atoms with Crippen LogP contribution in [0.4, 0.5) is 0 Å². The van der Waals surface area contributed by atoms with Crippen molar-refractivity contribution in [2.75, 3.05) is 0 Å². The van der Waals surface area contributed by atoms with Gasteiger partial charge in [-0.3, -0.25) is 4.79 Å². The summed E-state index contributed by atoms with van der Waals surface area (Å²) in [5, 5.41) is 17.1. The first-order chi connectivity index (χ1) is 7.67. The molecule has 0 heterocycles. The number of benzene rings is 1. The van der Waals surface area contributed by atoms with Crippen LogP contribution < -0.4 is 0 Å². The Bertz CT molecular complexity index is 452. The van der Waals surface area contributed by atoms with Crippen molar-refractivity contribution in [2.45, 2.75) is 19.8 Å². The van der Waals surface area contributed by atoms with Gasteiger partial charge in [0.1, 0.15) is 0 Å². The third kappa shape index (κ3) is 3.22. The molecule has 16 heavy (non-hydrogen) atoms. The Morgan fingerprint density at radius 1 is 1.38 bits per heavy atom. The van der Waals surface area contributed by atoms with Crippen LogP contribution in [-0.2, 0) is 11.2 Å². The number of hydrogen-bond acceptors (Lipinski definition) is 3. The SMILES string of the molecule is Cc1cccc(CCC(=O)C(C#N)C#N)c1. The Hall–Kier alpha value is -2.13. The molecule has 3 nitrogen and oxygen atoms in total. The highest BCUT2D eigenvalue weighted by Crippen LogP contribution is 2.09. The van der Waals surface area contributed by atoms with Gasteiger partial charge in [-0.25, -0.2) is 0 Å². The van der Waals surface area contributed by atoms with E-state index in [-0.39, 0.29) is 12.2 Å². The number of nitriles is 2. The van der Waals surface area contributed by atoms with Gasteiger partial charge >= 0.3 is 0 Å². The highest BCUT2D eigenvalue weighted by molar-refractivity contribution is 5.85. The van der Waals surface area contributed by atoms with E-state index in [2.05, 4.69) is 0 Å². The maximum absolute atomic E-state index is 11.4. The molecule has 1 rings (SSSR count). The monoisotopic (exact) mass is 212 g/mol. The molecule has 80 valence electrons. The number of nitrogens with zero attached hydrogens (tertiary/aromatic N) is 2. The van der Waals surface area contributed by atoms with E-state index >= 15 is 0 Å². The maximum atomic E-state index is 11.4. The third-order valence-electron chi connectivity index (χ3n) is 2.32. The summed E-state index contributed by atoms with van der Waals surface area (Å²) in [6, 6.07) is 11.2. The van der Waals surface area contributed by atoms with E-state index in [9.17, 15) is 4.79 Å². The van der Waals surface area contributed by atoms with Crippen molar-refractivity contribution < 1.29 is 4.79 Å². The number of ketones is 1. The van der Waals surface area contributed by atoms with Gasteiger partial charge in [0.05, 0.1) is 12.1 Å². The lowest BCUT2D eigenvalue weighted by Gasteiger charge is -2.02. The van der Waals surface area contributed by atoms with E-state index in [1.54, 1.807) is 12.1 Å². The van der Waals surface area contributed by atoms with Gasteiger partial charge in [0.25, 0.3) is 0 Å². The van der Waals surface area contributed by atoms with Crippen LogP contribution in [0.3, 0.4) is 0 Å². The molecular formula is C13H12N2O. The standard InChI is InChI=1S/C13H12N2O/c1-10-3-2-4-11(7-10)5-6-13(16)12(8-14)9-15/h2-4,7,12H,5-6H2,1H3. The second kappa shape index (κ2) is 5.68. The van der Waals surface area contributed by atoms with Crippen molar-refractivity contribution in [3.8, 4) is 12.1 Å². The van der Waals surface area contributed by atoms with Crippen molar-refractivity contribution >= 4 is 5.78 Å². The maximum Gasteiger partial charge on any atom is 0.191 e. The molecule has 0 amide bonds. The molecule has 0 radical (unpaired) electrons. The summed E-state index contributed by atoms with van der Waals surface area (Å²) in [6.07, 6.45) is 0.829. The third-order valence-corrected chi connectivity index (χ3v) is 2.32. The normalized spacial score (nSPS) is 9.50. The average molecular weight is 212 g/mol. The second-order valence-corrected chi connectivity index (χ2v) is 3.65. The molecule has 0 spiro atoms. The van der Waals surface area contributed by atoms with Crippen LogP contribution in [0.25, 0.3) is 0 Å². The Kier molecular flexibility index (Phi) is 4.24. The van der Waals surface area contributed by atoms with Gasteiger partial charge in [-0.2, -0.15) is 10.5 Å². The van der Waals surface area contributed by atoms with Gasteiger partial charge in [0, 0.05) is 6.42 Å². The van der Waals surface area contributed by atoms with Gasteiger partial charge < -0.3 is 0 Å². The number of carbonyl (C=O) groups is 1. The average Bonchev–Trinajstić information content (AvgIpc) is 2.28. The highest BCUT2D eigenvalue weighted by atomic mass is 16.1. The number of rotatable bonds is 4. The van der Waals surface area contributed by atoms with Gasteiger partial charge in [0.15, 0.2) is 11.7 Å². The molecule has 0 unspecified atom stereocenters. The summed E-state index contributed by atoms with van der Waals surface area (Å²) in [6.45, 7) is 1.98. The molecule has 0 aliphatic carbocycles. The van der Waals surface area contributed by atoms with Crippen LogP contribution in [0.15, 0.2) is 24.3 Å². The van der Waals surface area contributed by atoms with E-state index in [0.29, 0.717) is 6.42 Å². The lowest BCUT2D eigenvalue weighted by atomic mass is 9.99. The van der Waals surface area contributed by atoms with Crippen molar-refractivity contribution in [3.05, 3.63) is 35.4 Å². The molecule has 3 heteroatoms. The first-order valence-corrected chi connectivity index (χ1v) is 5.05. The predicted molar refractivity (Wildman–Crippen MR) is 59.2 cm³/mol. The molecule has 0 saturated carbocycles.